The molecule has 0 unspecified atom stereocenters. The topological polar surface area (TPSA) is 21.7 Å². The van der Waals surface area contributed by atoms with E-state index in [2.05, 4.69) is 54.3 Å². The van der Waals surface area contributed by atoms with Gasteiger partial charge in [-0.05, 0) is 61.6 Å². The molecule has 3 aliphatic rings. The van der Waals surface area contributed by atoms with E-state index < -0.39 is 0 Å². The summed E-state index contributed by atoms with van der Waals surface area (Å²) in [5.74, 6) is 1.82. The normalized spacial score (nSPS) is 27.9. The smallest absolute Gasteiger partial charge is 0.231 e. The van der Waals surface area contributed by atoms with E-state index in [0.29, 0.717) is 12.8 Å². The molecule has 0 aliphatic carbocycles. The minimum absolute atomic E-state index is 0.201. The first-order valence-electron chi connectivity index (χ1n) is 8.01. The van der Waals surface area contributed by atoms with Gasteiger partial charge < -0.3 is 14.4 Å². The van der Waals surface area contributed by atoms with Crippen molar-refractivity contribution < 1.29 is 9.47 Å². The molecular formula is C19H19NO2. The second-order valence-corrected chi connectivity index (χ2v) is 6.84. The van der Waals surface area contributed by atoms with Crippen LogP contribution < -0.4 is 14.4 Å². The van der Waals surface area contributed by atoms with Gasteiger partial charge in [-0.15, -0.1) is 0 Å². The van der Waals surface area contributed by atoms with Gasteiger partial charge in [0.05, 0.1) is 6.04 Å². The lowest BCUT2D eigenvalue weighted by Gasteiger charge is -2.45. The maximum absolute atomic E-state index is 5.60. The van der Waals surface area contributed by atoms with Gasteiger partial charge >= 0.3 is 0 Å². The van der Waals surface area contributed by atoms with Crippen LogP contribution in [0.15, 0.2) is 42.5 Å². The van der Waals surface area contributed by atoms with Crippen LogP contribution >= 0.6 is 0 Å². The molecule has 0 N–H and O–H groups in total. The lowest BCUT2D eigenvalue weighted by atomic mass is 9.84. The first-order valence-corrected chi connectivity index (χ1v) is 8.01. The molecular weight excluding hydrogens is 274 g/mol. The zero-order valence-electron chi connectivity index (χ0n) is 12.7. The van der Waals surface area contributed by atoms with Crippen LogP contribution in [0.25, 0.3) is 0 Å². The average Bonchev–Trinajstić information content (AvgIpc) is 3.08. The summed E-state index contributed by atoms with van der Waals surface area (Å²) in [5.41, 5.74) is 4.38. The van der Waals surface area contributed by atoms with E-state index in [1.54, 1.807) is 0 Å². The molecule has 1 fully saturated rings. The molecule has 112 valence electrons. The zero-order chi connectivity index (χ0) is 14.7. The van der Waals surface area contributed by atoms with Gasteiger partial charge in [0.15, 0.2) is 11.5 Å². The summed E-state index contributed by atoms with van der Waals surface area (Å²) in [4.78, 5) is 2.62. The van der Waals surface area contributed by atoms with Gasteiger partial charge in [-0.1, -0.05) is 18.2 Å². The van der Waals surface area contributed by atoms with Crippen LogP contribution in [0.2, 0.25) is 0 Å². The second kappa shape index (κ2) is 4.19. The Bertz CT molecular complexity index is 743. The third kappa shape index (κ3) is 1.57. The van der Waals surface area contributed by atoms with E-state index in [0.717, 1.165) is 17.9 Å². The molecule has 2 aromatic carbocycles. The maximum atomic E-state index is 5.60. The number of benzene rings is 2. The van der Waals surface area contributed by atoms with Gasteiger partial charge in [0, 0.05) is 11.2 Å². The quantitative estimate of drug-likeness (QED) is 0.791. The second-order valence-electron chi connectivity index (χ2n) is 6.84. The van der Waals surface area contributed by atoms with E-state index in [1.165, 1.54) is 29.7 Å². The molecule has 3 nitrogen and oxygen atoms in total. The summed E-state index contributed by atoms with van der Waals surface area (Å²) in [5, 5.41) is 0. The van der Waals surface area contributed by atoms with Gasteiger partial charge in [0.2, 0.25) is 6.79 Å². The van der Waals surface area contributed by atoms with Crippen molar-refractivity contribution in [2.75, 3.05) is 11.7 Å². The molecule has 3 aliphatic heterocycles. The number of fused-ring (bicyclic) bond motifs is 5. The van der Waals surface area contributed by atoms with Crippen molar-refractivity contribution in [2.45, 2.75) is 37.8 Å². The fraction of sp³-hybridized carbons (Fsp3) is 0.368. The van der Waals surface area contributed by atoms with Gasteiger partial charge in [-0.25, -0.2) is 0 Å². The lowest BCUT2D eigenvalue weighted by molar-refractivity contribution is 0.174. The first-order chi connectivity index (χ1) is 10.7. The number of hydrogen-bond donors (Lipinski definition) is 0. The van der Waals surface area contributed by atoms with E-state index in [1.807, 2.05) is 0 Å². The van der Waals surface area contributed by atoms with Crippen molar-refractivity contribution in [2.24, 2.45) is 0 Å². The molecule has 2 atom stereocenters. The molecule has 1 saturated heterocycles. The number of para-hydroxylation sites is 1. The number of hydrogen-bond acceptors (Lipinski definition) is 3. The standard InChI is InChI=1S/C19H19NO2/c1-19-8-7-16(20(19)14-5-3-2-4-6-14)15-10-18-17(21-12-22-18)9-13(15)11-19/h2-6,9-10,16H,7-8,11-12H2,1H3/t16-,19+/m0/s1. The monoisotopic (exact) mass is 293 g/mol. The third-order valence-electron chi connectivity index (χ3n) is 5.45. The molecule has 0 radical (unpaired) electrons. The maximum Gasteiger partial charge on any atom is 0.231 e. The van der Waals surface area contributed by atoms with E-state index in [-0.39, 0.29) is 5.54 Å². The van der Waals surface area contributed by atoms with Crippen molar-refractivity contribution in [3.8, 4) is 11.5 Å². The van der Waals surface area contributed by atoms with E-state index in [9.17, 15) is 0 Å². The Hall–Kier alpha value is -2.16. The molecule has 0 spiro atoms. The van der Waals surface area contributed by atoms with E-state index in [4.69, 9.17) is 9.47 Å². The Kier molecular flexibility index (Phi) is 2.36. The summed E-state index contributed by atoms with van der Waals surface area (Å²) < 4.78 is 11.2. The van der Waals surface area contributed by atoms with Crippen LogP contribution in [-0.2, 0) is 6.42 Å². The van der Waals surface area contributed by atoms with Crippen LogP contribution in [0.4, 0.5) is 5.69 Å². The van der Waals surface area contributed by atoms with Crippen molar-refractivity contribution >= 4 is 5.69 Å². The summed E-state index contributed by atoms with van der Waals surface area (Å²) in [6.45, 7) is 2.75. The molecule has 0 aromatic heterocycles. The fourth-order valence-corrected chi connectivity index (χ4v) is 4.50. The van der Waals surface area contributed by atoms with Crippen LogP contribution in [0.1, 0.15) is 36.9 Å². The minimum Gasteiger partial charge on any atom is -0.454 e. The Morgan fingerprint density at radius 2 is 1.86 bits per heavy atom. The summed E-state index contributed by atoms with van der Waals surface area (Å²) in [6.07, 6.45) is 3.51. The number of ether oxygens (including phenoxy) is 2. The molecule has 0 amide bonds. The average molecular weight is 293 g/mol. The summed E-state index contributed by atoms with van der Waals surface area (Å²) in [6, 6.07) is 15.7. The van der Waals surface area contributed by atoms with Gasteiger partial charge in [0.25, 0.3) is 0 Å². The first kappa shape index (κ1) is 12.4. The van der Waals surface area contributed by atoms with Gasteiger partial charge in [-0.3, -0.25) is 0 Å². The highest BCUT2D eigenvalue weighted by Gasteiger charge is 2.48. The van der Waals surface area contributed by atoms with E-state index >= 15 is 0 Å². The predicted molar refractivity (Wildman–Crippen MR) is 85.6 cm³/mol. The Morgan fingerprint density at radius 1 is 1.09 bits per heavy atom. The van der Waals surface area contributed by atoms with Crippen molar-refractivity contribution in [3.05, 3.63) is 53.6 Å². The van der Waals surface area contributed by atoms with Crippen LogP contribution in [0.3, 0.4) is 0 Å². The van der Waals surface area contributed by atoms with Crippen LogP contribution in [0.5, 0.6) is 11.5 Å². The predicted octanol–water partition coefficient (Wildman–Crippen LogP) is 4.07. The summed E-state index contributed by atoms with van der Waals surface area (Å²) in [7, 11) is 0. The summed E-state index contributed by atoms with van der Waals surface area (Å²) >= 11 is 0. The number of anilines is 1. The molecule has 3 heterocycles. The van der Waals surface area contributed by atoms with Crippen molar-refractivity contribution in [3.63, 3.8) is 0 Å². The SMILES string of the molecule is C[C@@]12CC[C@@H](c3cc4c(cc3C1)OCO4)N2c1ccccc1. The lowest BCUT2D eigenvalue weighted by Crippen LogP contribution is -2.47. The highest BCUT2D eigenvalue weighted by atomic mass is 16.7. The Labute approximate surface area is 130 Å². The van der Waals surface area contributed by atoms with Crippen LogP contribution in [-0.4, -0.2) is 12.3 Å². The minimum atomic E-state index is 0.201. The number of nitrogens with zero attached hydrogens (tertiary/aromatic N) is 1. The molecule has 0 saturated carbocycles. The van der Waals surface area contributed by atoms with Crippen molar-refractivity contribution in [1.82, 2.24) is 0 Å². The Morgan fingerprint density at radius 3 is 2.68 bits per heavy atom. The molecule has 5 rings (SSSR count). The highest BCUT2D eigenvalue weighted by Crippen LogP contribution is 2.53. The molecule has 2 aromatic rings. The van der Waals surface area contributed by atoms with Crippen molar-refractivity contribution in [1.29, 1.82) is 0 Å². The van der Waals surface area contributed by atoms with Gasteiger partial charge in [0.1, 0.15) is 0 Å². The Balaban J connectivity index is 1.66. The molecule has 22 heavy (non-hydrogen) atoms. The van der Waals surface area contributed by atoms with Crippen LogP contribution in [0, 0.1) is 0 Å². The fourth-order valence-electron chi connectivity index (χ4n) is 4.50. The third-order valence-corrected chi connectivity index (χ3v) is 5.45. The highest BCUT2D eigenvalue weighted by molar-refractivity contribution is 5.60. The molecule has 3 heteroatoms. The number of rotatable bonds is 1. The molecule has 2 bridgehead atoms. The zero-order valence-corrected chi connectivity index (χ0v) is 12.7. The largest absolute Gasteiger partial charge is 0.454 e. The van der Waals surface area contributed by atoms with Gasteiger partial charge in [-0.2, -0.15) is 0 Å².